The van der Waals surface area contributed by atoms with Crippen molar-refractivity contribution in [3.63, 3.8) is 0 Å². The van der Waals surface area contributed by atoms with E-state index in [1.807, 2.05) is 30.3 Å². The van der Waals surface area contributed by atoms with Crippen LogP contribution in [-0.2, 0) is 12.1 Å². The first-order chi connectivity index (χ1) is 8.74. The molecule has 0 aliphatic carbocycles. The van der Waals surface area contributed by atoms with E-state index in [0.29, 0.717) is 6.54 Å². The van der Waals surface area contributed by atoms with Gasteiger partial charge in [-0.15, -0.1) is 0 Å². The van der Waals surface area contributed by atoms with E-state index >= 15 is 0 Å². The van der Waals surface area contributed by atoms with Crippen molar-refractivity contribution < 1.29 is 5.11 Å². The van der Waals surface area contributed by atoms with Gasteiger partial charge in [0.2, 0.25) is 0 Å². The van der Waals surface area contributed by atoms with Crippen molar-refractivity contribution in [1.29, 1.82) is 0 Å². The van der Waals surface area contributed by atoms with E-state index in [1.54, 1.807) is 11.0 Å². The third kappa shape index (κ3) is 2.96. The highest BCUT2D eigenvalue weighted by Gasteiger charge is 2.29. The minimum atomic E-state index is -0.870. The van der Waals surface area contributed by atoms with Crippen molar-refractivity contribution in [3.8, 4) is 0 Å². The average molecular weight is 245 g/mol. The molecule has 96 valence electrons. The van der Waals surface area contributed by atoms with Gasteiger partial charge in [0.15, 0.2) is 0 Å². The minimum absolute atomic E-state index is 0.441. The molecule has 0 aliphatic heterocycles. The summed E-state index contributed by atoms with van der Waals surface area (Å²) in [5, 5.41) is 15.0. The third-order valence-electron chi connectivity index (χ3n) is 3.15. The lowest BCUT2D eigenvalue weighted by molar-refractivity contribution is 0.00419. The van der Waals surface area contributed by atoms with Gasteiger partial charge in [0.25, 0.3) is 0 Å². The second kappa shape index (κ2) is 5.78. The molecule has 2 rings (SSSR count). The molecule has 0 fully saturated rings. The van der Waals surface area contributed by atoms with Crippen molar-refractivity contribution in [1.82, 2.24) is 14.8 Å². The van der Waals surface area contributed by atoms with Gasteiger partial charge >= 0.3 is 0 Å². The van der Waals surface area contributed by atoms with Crippen LogP contribution >= 0.6 is 0 Å². The van der Waals surface area contributed by atoms with Crippen LogP contribution in [0.15, 0.2) is 43.0 Å². The molecule has 0 spiro atoms. The van der Waals surface area contributed by atoms with Crippen LogP contribution in [0.25, 0.3) is 0 Å². The maximum Gasteiger partial charge on any atom is 0.137 e. The molecule has 1 aromatic heterocycles. The maximum atomic E-state index is 10.9. The number of rotatable bonds is 6. The summed E-state index contributed by atoms with van der Waals surface area (Å²) in [4.78, 5) is 3.92. The van der Waals surface area contributed by atoms with Crippen molar-refractivity contribution >= 4 is 0 Å². The van der Waals surface area contributed by atoms with E-state index in [0.717, 1.165) is 24.8 Å². The zero-order chi connectivity index (χ0) is 12.8. The molecule has 0 radical (unpaired) electrons. The molecule has 1 atom stereocenters. The Kier molecular flexibility index (Phi) is 4.10. The fraction of sp³-hybridized carbons (Fsp3) is 0.429. The summed E-state index contributed by atoms with van der Waals surface area (Å²) in [6.45, 7) is 2.57. The van der Waals surface area contributed by atoms with Crippen LogP contribution in [0.1, 0.15) is 31.7 Å². The monoisotopic (exact) mass is 245 g/mol. The predicted octanol–water partition coefficient (Wildman–Crippen LogP) is 2.36. The summed E-state index contributed by atoms with van der Waals surface area (Å²) in [6, 6.07) is 9.79. The second-order valence-corrected chi connectivity index (χ2v) is 4.59. The largest absolute Gasteiger partial charge is 0.383 e. The molecule has 0 saturated carbocycles. The summed E-state index contributed by atoms with van der Waals surface area (Å²) < 4.78 is 1.68. The number of hydrogen-bond acceptors (Lipinski definition) is 3. The Bertz CT molecular complexity index is 455. The number of nitrogens with zero attached hydrogens (tertiary/aromatic N) is 3. The Morgan fingerprint density at radius 3 is 2.67 bits per heavy atom. The third-order valence-corrected chi connectivity index (χ3v) is 3.15. The van der Waals surface area contributed by atoms with Crippen LogP contribution in [0.3, 0.4) is 0 Å². The SMILES string of the molecule is CCCCC(O)(Cn1cncn1)c1ccccc1. The van der Waals surface area contributed by atoms with Crippen LogP contribution in [-0.4, -0.2) is 19.9 Å². The van der Waals surface area contributed by atoms with E-state index in [2.05, 4.69) is 17.0 Å². The summed E-state index contributed by atoms with van der Waals surface area (Å²) in [5.41, 5.74) is 0.0688. The van der Waals surface area contributed by atoms with Crippen LogP contribution in [0, 0.1) is 0 Å². The zero-order valence-corrected chi connectivity index (χ0v) is 10.7. The number of benzene rings is 1. The zero-order valence-electron chi connectivity index (χ0n) is 10.7. The minimum Gasteiger partial charge on any atom is -0.383 e. The molecule has 0 saturated heterocycles. The topological polar surface area (TPSA) is 50.9 Å². The fourth-order valence-corrected chi connectivity index (χ4v) is 2.11. The normalized spacial score (nSPS) is 14.3. The number of hydrogen-bond donors (Lipinski definition) is 1. The fourth-order valence-electron chi connectivity index (χ4n) is 2.11. The second-order valence-electron chi connectivity index (χ2n) is 4.59. The van der Waals surface area contributed by atoms with Gasteiger partial charge in [0.05, 0.1) is 6.54 Å². The summed E-state index contributed by atoms with van der Waals surface area (Å²) in [6.07, 6.45) is 5.91. The van der Waals surface area contributed by atoms with E-state index in [4.69, 9.17) is 0 Å². The maximum absolute atomic E-state index is 10.9. The van der Waals surface area contributed by atoms with Gasteiger partial charge in [-0.1, -0.05) is 50.1 Å². The first-order valence-electron chi connectivity index (χ1n) is 6.35. The predicted molar refractivity (Wildman–Crippen MR) is 69.9 cm³/mol. The standard InChI is InChI=1S/C14H19N3O/c1-2-3-9-14(18,10-17-12-15-11-16-17)13-7-5-4-6-8-13/h4-8,11-12,18H,2-3,9-10H2,1H3. The van der Waals surface area contributed by atoms with Gasteiger partial charge in [-0.25, -0.2) is 9.67 Å². The average Bonchev–Trinajstić information content (AvgIpc) is 2.90. The molecule has 1 heterocycles. The Morgan fingerprint density at radius 1 is 1.28 bits per heavy atom. The van der Waals surface area contributed by atoms with Crippen molar-refractivity contribution in [2.45, 2.75) is 38.3 Å². The van der Waals surface area contributed by atoms with Crippen LogP contribution < -0.4 is 0 Å². The molecule has 18 heavy (non-hydrogen) atoms. The Labute approximate surface area is 107 Å². The Hall–Kier alpha value is -1.68. The molecule has 1 N–H and O–H groups in total. The van der Waals surface area contributed by atoms with Gasteiger partial charge in [-0.05, 0) is 12.0 Å². The molecular weight excluding hydrogens is 226 g/mol. The highest BCUT2D eigenvalue weighted by atomic mass is 16.3. The van der Waals surface area contributed by atoms with Crippen LogP contribution in [0.5, 0.6) is 0 Å². The molecule has 1 unspecified atom stereocenters. The summed E-state index contributed by atoms with van der Waals surface area (Å²) in [5.74, 6) is 0. The van der Waals surface area contributed by atoms with Crippen molar-refractivity contribution in [3.05, 3.63) is 48.5 Å². The summed E-state index contributed by atoms with van der Waals surface area (Å²) >= 11 is 0. The van der Waals surface area contributed by atoms with E-state index < -0.39 is 5.60 Å². The first-order valence-corrected chi connectivity index (χ1v) is 6.35. The number of aromatic nitrogens is 3. The lowest BCUT2D eigenvalue weighted by Crippen LogP contribution is -2.31. The molecule has 1 aromatic carbocycles. The number of unbranched alkanes of at least 4 members (excludes halogenated alkanes) is 1. The van der Waals surface area contributed by atoms with E-state index in [9.17, 15) is 5.11 Å². The highest BCUT2D eigenvalue weighted by Crippen LogP contribution is 2.28. The van der Waals surface area contributed by atoms with Gasteiger partial charge in [0, 0.05) is 0 Å². The first kappa shape index (κ1) is 12.8. The van der Waals surface area contributed by atoms with E-state index in [-0.39, 0.29) is 0 Å². The molecule has 0 amide bonds. The van der Waals surface area contributed by atoms with Gasteiger partial charge in [-0.2, -0.15) is 5.10 Å². The smallest absolute Gasteiger partial charge is 0.137 e. The molecule has 2 aromatic rings. The molecule has 4 nitrogen and oxygen atoms in total. The van der Waals surface area contributed by atoms with Gasteiger partial charge < -0.3 is 5.11 Å². The Morgan fingerprint density at radius 2 is 2.06 bits per heavy atom. The summed E-state index contributed by atoms with van der Waals surface area (Å²) in [7, 11) is 0. The lowest BCUT2D eigenvalue weighted by Gasteiger charge is -2.28. The van der Waals surface area contributed by atoms with Crippen LogP contribution in [0.4, 0.5) is 0 Å². The van der Waals surface area contributed by atoms with Gasteiger partial charge in [-0.3, -0.25) is 0 Å². The van der Waals surface area contributed by atoms with Crippen LogP contribution in [0.2, 0.25) is 0 Å². The van der Waals surface area contributed by atoms with Crippen molar-refractivity contribution in [2.75, 3.05) is 0 Å². The molecule has 0 bridgehead atoms. The molecule has 4 heteroatoms. The van der Waals surface area contributed by atoms with E-state index in [1.165, 1.54) is 6.33 Å². The lowest BCUT2D eigenvalue weighted by atomic mass is 9.88. The highest BCUT2D eigenvalue weighted by molar-refractivity contribution is 5.22. The molecular formula is C14H19N3O. The number of aliphatic hydroxyl groups is 1. The quantitative estimate of drug-likeness (QED) is 0.850. The molecule has 0 aliphatic rings. The van der Waals surface area contributed by atoms with Crippen molar-refractivity contribution in [2.24, 2.45) is 0 Å². The van der Waals surface area contributed by atoms with Gasteiger partial charge in [0.1, 0.15) is 18.3 Å². The Balaban J connectivity index is 2.22.